The van der Waals surface area contributed by atoms with E-state index >= 15 is 0 Å². The Morgan fingerprint density at radius 1 is 1.10 bits per heavy atom. The standard InChI is InChI=1S/C35H36N6O7/c1-20(39(6)34(46)48-35(3,4)5)31(42)37-30-21(2)47-29-14-10-9-13-28(29)40(32(30)43)19-25-24-11-7-8-12-27(24)41(38-25)26-16-15-22(33(44)45)17-23(26)18-36/h7-17,20-21,30H,19H2,1-6H3,(H,37,42)(H,44,45)/t20-,21-,30-/m0/s1. The van der Waals surface area contributed by atoms with Gasteiger partial charge in [-0.1, -0.05) is 30.3 Å². The van der Waals surface area contributed by atoms with Crippen LogP contribution in [0.2, 0.25) is 0 Å². The van der Waals surface area contributed by atoms with Crippen LogP contribution in [0.3, 0.4) is 0 Å². The monoisotopic (exact) mass is 652 g/mol. The molecule has 13 nitrogen and oxygen atoms in total. The van der Waals surface area contributed by atoms with Gasteiger partial charge in [-0.05, 0) is 71.0 Å². The molecule has 0 saturated heterocycles. The Bertz CT molecular complexity index is 1960. The first-order valence-electron chi connectivity index (χ1n) is 15.3. The number of para-hydroxylation sites is 3. The topological polar surface area (TPSA) is 167 Å². The van der Waals surface area contributed by atoms with Gasteiger partial charge in [0.1, 0.15) is 35.6 Å². The number of likely N-dealkylation sites (N-methyl/N-ethyl adjacent to an activating group) is 1. The smallest absolute Gasteiger partial charge is 0.410 e. The molecule has 0 spiro atoms. The first-order valence-corrected chi connectivity index (χ1v) is 15.3. The van der Waals surface area contributed by atoms with Crippen LogP contribution in [0.25, 0.3) is 16.6 Å². The van der Waals surface area contributed by atoms with Crippen molar-refractivity contribution >= 4 is 40.5 Å². The van der Waals surface area contributed by atoms with E-state index in [1.165, 1.54) is 37.1 Å². The highest BCUT2D eigenvalue weighted by Crippen LogP contribution is 2.35. The summed E-state index contributed by atoms with van der Waals surface area (Å²) in [5.74, 6) is -1.78. The number of fused-ring (bicyclic) bond motifs is 2. The van der Waals surface area contributed by atoms with Crippen LogP contribution in [0.1, 0.15) is 56.2 Å². The van der Waals surface area contributed by atoms with Crippen molar-refractivity contribution < 1.29 is 33.8 Å². The third-order valence-corrected chi connectivity index (χ3v) is 7.97. The van der Waals surface area contributed by atoms with E-state index in [4.69, 9.17) is 14.6 Å². The molecule has 5 rings (SSSR count). The minimum absolute atomic E-state index is 0.0335. The summed E-state index contributed by atoms with van der Waals surface area (Å²) in [5, 5.41) is 27.6. The molecule has 2 heterocycles. The van der Waals surface area contributed by atoms with Crippen molar-refractivity contribution in [3.63, 3.8) is 0 Å². The van der Waals surface area contributed by atoms with Crippen molar-refractivity contribution in [3.8, 4) is 17.5 Å². The molecule has 13 heteroatoms. The first kappa shape index (κ1) is 33.5. The third kappa shape index (κ3) is 6.64. The summed E-state index contributed by atoms with van der Waals surface area (Å²) in [6, 6.07) is 18.5. The maximum atomic E-state index is 14.4. The summed E-state index contributed by atoms with van der Waals surface area (Å²) in [6.07, 6.45) is -1.47. The van der Waals surface area contributed by atoms with Crippen molar-refractivity contribution in [2.24, 2.45) is 0 Å². The number of aromatic carboxylic acids is 1. The summed E-state index contributed by atoms with van der Waals surface area (Å²) in [6.45, 7) is 8.36. The normalized spacial score (nSPS) is 16.6. The average Bonchev–Trinajstić information content (AvgIpc) is 3.37. The van der Waals surface area contributed by atoms with Crippen LogP contribution in [-0.4, -0.2) is 74.5 Å². The second-order valence-electron chi connectivity index (χ2n) is 12.5. The number of carboxylic acid groups (broad SMARTS) is 1. The Morgan fingerprint density at radius 3 is 2.48 bits per heavy atom. The zero-order valence-electron chi connectivity index (χ0n) is 27.4. The SMILES string of the molecule is C[C@@H]1Oc2ccccc2N(Cc2nn(-c3ccc(C(=O)O)cc3C#N)c3ccccc23)C(=O)[C@H]1NC(=O)[C@H](C)N(C)C(=O)OC(C)(C)C. The Kier molecular flexibility index (Phi) is 9.11. The number of carbonyl (C=O) groups is 4. The van der Waals surface area contributed by atoms with Crippen LogP contribution in [0.15, 0.2) is 66.7 Å². The van der Waals surface area contributed by atoms with Crippen LogP contribution >= 0.6 is 0 Å². The van der Waals surface area contributed by atoms with Gasteiger partial charge in [0.05, 0.1) is 40.3 Å². The van der Waals surface area contributed by atoms with Gasteiger partial charge >= 0.3 is 12.1 Å². The van der Waals surface area contributed by atoms with E-state index in [9.17, 15) is 29.5 Å². The van der Waals surface area contributed by atoms with Gasteiger partial charge in [-0.15, -0.1) is 0 Å². The fourth-order valence-electron chi connectivity index (χ4n) is 5.34. The summed E-state index contributed by atoms with van der Waals surface area (Å²) in [7, 11) is 1.45. The number of carbonyl (C=O) groups excluding carboxylic acids is 3. The summed E-state index contributed by atoms with van der Waals surface area (Å²) >= 11 is 0. The molecule has 0 unspecified atom stereocenters. The number of anilines is 1. The van der Waals surface area contributed by atoms with E-state index in [-0.39, 0.29) is 17.7 Å². The molecule has 0 bridgehead atoms. The quantitative estimate of drug-likeness (QED) is 0.289. The fourth-order valence-corrected chi connectivity index (χ4v) is 5.34. The zero-order valence-corrected chi connectivity index (χ0v) is 27.4. The molecular formula is C35H36N6O7. The Morgan fingerprint density at radius 2 is 1.79 bits per heavy atom. The highest BCUT2D eigenvalue weighted by Gasteiger charge is 2.39. The minimum atomic E-state index is -1.16. The fraction of sp³-hybridized carbons (Fsp3) is 0.314. The highest BCUT2D eigenvalue weighted by atomic mass is 16.6. The predicted molar refractivity (Wildman–Crippen MR) is 176 cm³/mol. The molecule has 1 aliphatic rings. The first-order chi connectivity index (χ1) is 22.7. The molecule has 3 aromatic carbocycles. The van der Waals surface area contributed by atoms with Gasteiger partial charge in [0.15, 0.2) is 0 Å². The van der Waals surface area contributed by atoms with E-state index in [1.807, 2.05) is 24.3 Å². The molecule has 4 aromatic rings. The van der Waals surface area contributed by atoms with Gasteiger partial charge in [0, 0.05) is 12.4 Å². The number of aromatic nitrogens is 2. The lowest BCUT2D eigenvalue weighted by Gasteiger charge is -2.30. The number of rotatable bonds is 7. The summed E-state index contributed by atoms with van der Waals surface area (Å²) < 4.78 is 13.1. The minimum Gasteiger partial charge on any atom is -0.486 e. The number of hydrogen-bond acceptors (Lipinski definition) is 8. The number of nitrogens with zero attached hydrogens (tertiary/aromatic N) is 5. The predicted octanol–water partition coefficient (Wildman–Crippen LogP) is 4.65. The number of carboxylic acids is 1. The van der Waals surface area contributed by atoms with E-state index in [0.29, 0.717) is 33.7 Å². The van der Waals surface area contributed by atoms with E-state index in [1.54, 1.807) is 56.6 Å². The van der Waals surface area contributed by atoms with Crippen molar-refractivity contribution in [1.82, 2.24) is 20.0 Å². The van der Waals surface area contributed by atoms with Crippen molar-refractivity contribution in [2.75, 3.05) is 11.9 Å². The third-order valence-electron chi connectivity index (χ3n) is 7.97. The van der Waals surface area contributed by atoms with Gasteiger partial charge in [-0.2, -0.15) is 10.4 Å². The highest BCUT2D eigenvalue weighted by molar-refractivity contribution is 6.02. The number of benzene rings is 3. The maximum absolute atomic E-state index is 14.4. The van der Waals surface area contributed by atoms with E-state index in [2.05, 4.69) is 11.4 Å². The summed E-state index contributed by atoms with van der Waals surface area (Å²) in [5.41, 5.74) is 1.27. The van der Waals surface area contributed by atoms with Crippen molar-refractivity contribution in [3.05, 3.63) is 83.6 Å². The Hall–Kier alpha value is -5.90. The lowest BCUT2D eigenvalue weighted by Crippen LogP contribution is -2.57. The number of nitrogens with one attached hydrogen (secondary N) is 1. The van der Waals surface area contributed by atoms with E-state index < -0.39 is 47.7 Å². The molecule has 0 saturated carbocycles. The molecule has 1 aliphatic heterocycles. The van der Waals surface area contributed by atoms with Gasteiger partial charge in [0.2, 0.25) is 5.91 Å². The molecule has 3 amide bonds. The lowest BCUT2D eigenvalue weighted by atomic mass is 10.1. The number of nitriles is 1. The van der Waals surface area contributed by atoms with Crippen LogP contribution in [0.4, 0.5) is 10.5 Å². The molecule has 248 valence electrons. The average molecular weight is 653 g/mol. The van der Waals surface area contributed by atoms with Gasteiger partial charge in [0.25, 0.3) is 5.91 Å². The molecule has 3 atom stereocenters. The molecule has 0 radical (unpaired) electrons. The Labute approximate surface area is 277 Å². The van der Waals surface area contributed by atoms with Crippen molar-refractivity contribution in [1.29, 1.82) is 5.26 Å². The second kappa shape index (κ2) is 13.1. The number of hydrogen-bond donors (Lipinski definition) is 2. The van der Waals surface area contributed by atoms with E-state index in [0.717, 1.165) is 4.90 Å². The Balaban J connectivity index is 1.51. The van der Waals surface area contributed by atoms with Crippen LogP contribution in [0, 0.1) is 11.3 Å². The number of amides is 3. The molecule has 2 N–H and O–H groups in total. The molecular weight excluding hydrogens is 616 g/mol. The van der Waals surface area contributed by atoms with Crippen molar-refractivity contribution in [2.45, 2.75) is 65.0 Å². The van der Waals surface area contributed by atoms with Gasteiger partial charge < -0.3 is 24.8 Å². The van der Waals surface area contributed by atoms with Gasteiger partial charge in [-0.3, -0.25) is 14.5 Å². The molecule has 0 fully saturated rings. The van der Waals surface area contributed by atoms with Gasteiger partial charge in [-0.25, -0.2) is 14.3 Å². The van der Waals surface area contributed by atoms with Crippen LogP contribution in [0.5, 0.6) is 5.75 Å². The van der Waals surface area contributed by atoms with Crippen LogP contribution < -0.4 is 15.0 Å². The molecule has 0 aliphatic carbocycles. The van der Waals surface area contributed by atoms with Crippen LogP contribution in [-0.2, 0) is 20.9 Å². The second-order valence-corrected chi connectivity index (χ2v) is 12.5. The largest absolute Gasteiger partial charge is 0.486 e. The summed E-state index contributed by atoms with van der Waals surface area (Å²) in [4.78, 5) is 54.7. The molecule has 1 aromatic heterocycles. The lowest BCUT2D eigenvalue weighted by molar-refractivity contribution is -0.131. The zero-order chi connectivity index (χ0) is 34.9. The number of ether oxygens (including phenoxy) is 2. The maximum Gasteiger partial charge on any atom is 0.410 e. The molecule has 48 heavy (non-hydrogen) atoms.